The minimum absolute atomic E-state index is 0.174. The number of hydrogen-bond acceptors (Lipinski definition) is 5. The third-order valence-corrected chi connectivity index (χ3v) is 6.82. The van der Waals surface area contributed by atoms with E-state index in [0.29, 0.717) is 24.5 Å². The zero-order chi connectivity index (χ0) is 27.0. The predicted octanol–water partition coefficient (Wildman–Crippen LogP) is 9.13. The van der Waals surface area contributed by atoms with Gasteiger partial charge < -0.3 is 9.47 Å². The Morgan fingerprint density at radius 2 is 1.39 bits per heavy atom. The molecule has 0 saturated carbocycles. The first-order valence-electron chi connectivity index (χ1n) is 14.5. The molecule has 0 aliphatic carbocycles. The van der Waals surface area contributed by atoms with Crippen LogP contribution in [-0.4, -0.2) is 23.3 Å². The average molecular weight is 518 g/mol. The lowest BCUT2D eigenvalue weighted by molar-refractivity contribution is 0.0723. The van der Waals surface area contributed by atoms with E-state index in [1.54, 1.807) is 24.4 Å². The number of pyridine rings is 1. The van der Waals surface area contributed by atoms with Crippen LogP contribution in [0.3, 0.4) is 0 Å². The number of ether oxygens (including phenoxy) is 2. The molecule has 3 rings (SSSR count). The molecule has 0 spiro atoms. The molecule has 0 aliphatic heterocycles. The van der Waals surface area contributed by atoms with Gasteiger partial charge in [0.25, 0.3) is 0 Å². The van der Waals surface area contributed by atoms with Crippen LogP contribution >= 0.6 is 0 Å². The Morgan fingerprint density at radius 3 is 2.16 bits per heavy atom. The summed E-state index contributed by atoms with van der Waals surface area (Å²) < 4.78 is 11.5. The number of fused-ring (bicyclic) bond motifs is 1. The fraction of sp³-hybridized carbons (Fsp3) is 0.485. The van der Waals surface area contributed by atoms with Gasteiger partial charge >= 0.3 is 5.97 Å². The molecule has 0 amide bonds. The molecule has 0 atom stereocenters. The molecule has 0 unspecified atom stereocenters. The third-order valence-electron chi connectivity index (χ3n) is 6.82. The summed E-state index contributed by atoms with van der Waals surface area (Å²) in [5.41, 5.74) is 0.904. The van der Waals surface area contributed by atoms with Crippen LogP contribution in [0.1, 0.15) is 118 Å². The molecule has 1 aromatic heterocycles. The van der Waals surface area contributed by atoms with Crippen molar-refractivity contribution in [3.05, 3.63) is 66.0 Å². The van der Waals surface area contributed by atoms with E-state index in [4.69, 9.17) is 9.47 Å². The van der Waals surface area contributed by atoms with Crippen molar-refractivity contribution in [2.45, 2.75) is 97.3 Å². The lowest BCUT2D eigenvalue weighted by Gasteiger charge is -2.11. The normalized spacial score (nSPS) is 11.0. The van der Waals surface area contributed by atoms with E-state index < -0.39 is 5.97 Å². The van der Waals surface area contributed by atoms with Gasteiger partial charge in [0.2, 0.25) is 0 Å². The van der Waals surface area contributed by atoms with Crippen molar-refractivity contribution in [3.63, 3.8) is 0 Å². The van der Waals surface area contributed by atoms with Crippen LogP contribution in [0.4, 0.5) is 0 Å². The zero-order valence-electron chi connectivity index (χ0n) is 23.2. The molecule has 0 bridgehead atoms. The maximum Gasteiger partial charge on any atom is 0.366 e. The monoisotopic (exact) mass is 517 g/mol. The molecule has 0 fully saturated rings. The van der Waals surface area contributed by atoms with Gasteiger partial charge in [-0.25, -0.2) is 9.78 Å². The predicted molar refractivity (Wildman–Crippen MR) is 154 cm³/mol. The molecule has 0 N–H and O–H groups in total. The van der Waals surface area contributed by atoms with Gasteiger partial charge in [-0.05, 0) is 53.9 Å². The molecule has 2 aromatic carbocycles. The van der Waals surface area contributed by atoms with E-state index in [1.807, 2.05) is 30.3 Å². The highest BCUT2D eigenvalue weighted by atomic mass is 16.5. The summed E-state index contributed by atoms with van der Waals surface area (Å²) >= 11 is 0. The summed E-state index contributed by atoms with van der Waals surface area (Å²) in [5, 5.41) is 1.85. The molecular formula is C33H43NO4. The first kappa shape index (κ1) is 29.3. The lowest BCUT2D eigenvalue weighted by Crippen LogP contribution is -2.13. The highest BCUT2D eigenvalue weighted by Crippen LogP contribution is 2.25. The van der Waals surface area contributed by atoms with Crippen LogP contribution < -0.4 is 9.47 Å². The van der Waals surface area contributed by atoms with Crippen LogP contribution in [0.25, 0.3) is 10.8 Å². The standard InChI is InChI=1S/C33H43NO4/c1-3-5-7-9-10-11-12-14-23-37-31-17-15-22-34-32(31)33(36)38-29-21-20-26-24-28(19-18-27(26)25-29)30(35)16-13-8-6-4-2/h15,17-22,24-25H,3-14,16,23H2,1-2H3. The summed E-state index contributed by atoms with van der Waals surface area (Å²) in [5.74, 6) is 0.507. The Bertz CT molecular complexity index is 1160. The van der Waals surface area contributed by atoms with Gasteiger partial charge in [-0.15, -0.1) is 0 Å². The van der Waals surface area contributed by atoms with Crippen LogP contribution in [-0.2, 0) is 0 Å². The number of esters is 1. The topological polar surface area (TPSA) is 65.5 Å². The third kappa shape index (κ3) is 9.59. The number of unbranched alkanes of at least 4 members (excludes halogenated alkanes) is 10. The van der Waals surface area contributed by atoms with Crippen molar-refractivity contribution in [3.8, 4) is 11.5 Å². The van der Waals surface area contributed by atoms with Crippen molar-refractivity contribution in [2.24, 2.45) is 0 Å². The van der Waals surface area contributed by atoms with E-state index in [2.05, 4.69) is 18.8 Å². The number of nitrogens with zero attached hydrogens (tertiary/aromatic N) is 1. The van der Waals surface area contributed by atoms with Crippen molar-refractivity contribution in [2.75, 3.05) is 6.61 Å². The molecule has 204 valence electrons. The Hall–Kier alpha value is -3.21. The second-order valence-electron chi connectivity index (χ2n) is 10.0. The number of carbonyl (C=O) groups is 2. The molecule has 3 aromatic rings. The quantitative estimate of drug-likeness (QED) is 0.0728. The number of hydrogen-bond donors (Lipinski definition) is 0. The summed E-state index contributed by atoms with van der Waals surface area (Å²) in [4.78, 5) is 29.7. The summed E-state index contributed by atoms with van der Waals surface area (Å²) in [6, 6.07) is 14.6. The largest absolute Gasteiger partial charge is 0.491 e. The smallest absolute Gasteiger partial charge is 0.366 e. The van der Waals surface area contributed by atoms with Gasteiger partial charge in [0.05, 0.1) is 6.61 Å². The Balaban J connectivity index is 1.52. The number of rotatable bonds is 18. The van der Waals surface area contributed by atoms with Crippen molar-refractivity contribution >= 4 is 22.5 Å². The maximum atomic E-state index is 12.9. The van der Waals surface area contributed by atoms with Gasteiger partial charge in [-0.3, -0.25) is 4.79 Å². The Morgan fingerprint density at radius 1 is 0.737 bits per heavy atom. The summed E-state index contributed by atoms with van der Waals surface area (Å²) in [7, 11) is 0. The first-order chi connectivity index (χ1) is 18.6. The maximum absolute atomic E-state index is 12.9. The van der Waals surface area contributed by atoms with Gasteiger partial charge in [-0.1, -0.05) is 96.3 Å². The Labute approximate surface area is 228 Å². The highest BCUT2D eigenvalue weighted by Gasteiger charge is 2.17. The van der Waals surface area contributed by atoms with Crippen LogP contribution in [0.5, 0.6) is 11.5 Å². The SMILES string of the molecule is CCCCCCCCCCOc1cccnc1C(=O)Oc1ccc2cc(C(=O)CCCCCC)ccc2c1. The second kappa shape index (κ2) is 16.6. The molecule has 5 nitrogen and oxygen atoms in total. The van der Waals surface area contributed by atoms with E-state index in [-0.39, 0.29) is 11.5 Å². The lowest BCUT2D eigenvalue weighted by atomic mass is 10.0. The molecular weight excluding hydrogens is 474 g/mol. The fourth-order valence-corrected chi connectivity index (χ4v) is 4.55. The number of aromatic nitrogens is 1. The number of carbonyl (C=O) groups excluding carboxylic acids is 2. The highest BCUT2D eigenvalue weighted by molar-refractivity contribution is 6.00. The zero-order valence-corrected chi connectivity index (χ0v) is 23.2. The molecule has 0 aliphatic rings. The van der Waals surface area contributed by atoms with E-state index in [9.17, 15) is 9.59 Å². The number of Topliss-reactive ketones (excluding diaryl/α,β-unsaturated/α-hetero) is 1. The summed E-state index contributed by atoms with van der Waals surface area (Å²) in [6.07, 6.45) is 16.3. The van der Waals surface area contributed by atoms with Gasteiger partial charge in [0.1, 0.15) is 5.75 Å². The van der Waals surface area contributed by atoms with Crippen LogP contribution in [0.15, 0.2) is 54.7 Å². The van der Waals surface area contributed by atoms with Crippen LogP contribution in [0, 0.1) is 0 Å². The average Bonchev–Trinajstić information content (AvgIpc) is 2.94. The molecule has 0 saturated heterocycles. The van der Waals surface area contributed by atoms with E-state index in [0.717, 1.165) is 54.9 Å². The first-order valence-corrected chi connectivity index (χ1v) is 14.5. The fourth-order valence-electron chi connectivity index (χ4n) is 4.55. The summed E-state index contributed by atoms with van der Waals surface area (Å²) in [6.45, 7) is 4.95. The van der Waals surface area contributed by atoms with Crippen molar-refractivity contribution in [1.82, 2.24) is 4.98 Å². The molecule has 5 heteroatoms. The number of ketones is 1. The van der Waals surface area contributed by atoms with Crippen LogP contribution in [0.2, 0.25) is 0 Å². The molecule has 38 heavy (non-hydrogen) atoms. The number of benzene rings is 2. The van der Waals surface area contributed by atoms with Crippen molar-refractivity contribution < 1.29 is 19.1 Å². The van der Waals surface area contributed by atoms with E-state index in [1.165, 1.54) is 38.5 Å². The molecule has 0 radical (unpaired) electrons. The van der Waals surface area contributed by atoms with E-state index >= 15 is 0 Å². The Kier molecular flexibility index (Phi) is 12.8. The van der Waals surface area contributed by atoms with Gasteiger partial charge in [-0.2, -0.15) is 0 Å². The van der Waals surface area contributed by atoms with Crippen molar-refractivity contribution in [1.29, 1.82) is 0 Å². The molecule has 1 heterocycles. The van der Waals surface area contributed by atoms with Gasteiger partial charge in [0, 0.05) is 18.2 Å². The second-order valence-corrected chi connectivity index (χ2v) is 10.0. The minimum atomic E-state index is -0.547. The van der Waals surface area contributed by atoms with Gasteiger partial charge in [0.15, 0.2) is 17.2 Å². The minimum Gasteiger partial charge on any atom is -0.491 e.